The molecule has 20 nitrogen and oxygen atoms in total. The highest BCUT2D eigenvalue weighted by molar-refractivity contribution is 7.79. The summed E-state index contributed by atoms with van der Waals surface area (Å²) in [6.07, 6.45) is 10.1. The SMILES string of the molecule is CC(C)NCC(O)COc1cccc2ccccc12.CCOC(=O)C1(c2ccccc2)CCN(CCC(C#N)(c2ccccc2)c2ccccc2)CC1.CN1[C@@H]2CC[C@H]1CC(OC(=O)C(CO)c1ccccc1)C2.CN1[C@@H]2CC[C@H]1CC(OC(=O)C(CO)c1ccccc1)C2.Cl.Cl.O.O=S(=O)(O)O. The quantitative estimate of drug-likeness (QED) is 0.0209. The van der Waals surface area contributed by atoms with E-state index in [0.717, 1.165) is 89.7 Å². The molecule has 7 aromatic rings. The van der Waals surface area contributed by atoms with E-state index in [1.54, 1.807) is 0 Å². The third kappa shape index (κ3) is 24.6. The fourth-order valence-electron chi connectivity index (χ4n) is 14.6. The summed E-state index contributed by atoms with van der Waals surface area (Å²) in [5.41, 5.74) is 3.41. The molecule has 0 aliphatic carbocycles. The van der Waals surface area contributed by atoms with E-state index in [1.165, 1.54) is 25.7 Å². The van der Waals surface area contributed by atoms with Crippen molar-refractivity contribution in [1.29, 1.82) is 5.26 Å². The van der Waals surface area contributed by atoms with Gasteiger partial charge in [-0.1, -0.05) is 202 Å². The van der Waals surface area contributed by atoms with E-state index in [2.05, 4.69) is 66.2 Å². The Kier molecular flexibility index (Phi) is 35.6. The summed E-state index contributed by atoms with van der Waals surface area (Å²) in [5.74, 6) is -1.02. The highest BCUT2D eigenvalue weighted by Crippen LogP contribution is 2.41. The van der Waals surface area contributed by atoms with Crippen LogP contribution >= 0.6 is 24.8 Å². The molecule has 4 bridgehead atoms. The van der Waals surface area contributed by atoms with Gasteiger partial charge >= 0.3 is 28.3 Å². The molecule has 23 heteroatoms. The van der Waals surface area contributed by atoms with Crippen molar-refractivity contribution in [1.82, 2.24) is 20.0 Å². The number of esters is 3. The Morgan fingerprint density at radius 2 is 1.02 bits per heavy atom. The first-order valence-electron chi connectivity index (χ1n) is 35.0. The fraction of sp³-hybridized carbons (Fsp3) is 0.450. The lowest BCUT2D eigenvalue weighted by Gasteiger charge is -2.41. The summed E-state index contributed by atoms with van der Waals surface area (Å²) in [4.78, 5) is 45.0. The van der Waals surface area contributed by atoms with Gasteiger partial charge in [-0.05, 0) is 144 Å². The molecule has 0 amide bonds. The van der Waals surface area contributed by atoms with Crippen LogP contribution in [0.3, 0.4) is 0 Å². The van der Waals surface area contributed by atoms with E-state index in [9.17, 15) is 35.0 Å². The fourth-order valence-corrected chi connectivity index (χ4v) is 14.6. The number of nitrogens with one attached hydrogen (secondary N) is 1. The number of hydrogen-bond donors (Lipinski definition) is 6. The number of hydrogen-bond acceptors (Lipinski definition) is 17. The van der Waals surface area contributed by atoms with Crippen LogP contribution in [0.1, 0.15) is 131 Å². The molecule has 5 fully saturated rings. The second kappa shape index (κ2) is 42.6. The van der Waals surface area contributed by atoms with Crippen LogP contribution in [0.5, 0.6) is 5.75 Å². The third-order valence-corrected chi connectivity index (χ3v) is 20.2. The molecule has 0 radical (unpaired) electrons. The van der Waals surface area contributed by atoms with Gasteiger partial charge in [0.15, 0.2) is 0 Å². The second-order valence-corrected chi connectivity index (χ2v) is 27.8. The van der Waals surface area contributed by atoms with Crippen LogP contribution in [-0.4, -0.2) is 186 Å². The van der Waals surface area contributed by atoms with Crippen molar-refractivity contribution in [3.8, 4) is 11.8 Å². The average Bonchev–Trinajstić information content (AvgIpc) is 1.75. The predicted molar refractivity (Wildman–Crippen MR) is 405 cm³/mol. The summed E-state index contributed by atoms with van der Waals surface area (Å²) in [6, 6.07) is 68.2. The molecule has 5 aliphatic rings. The van der Waals surface area contributed by atoms with Gasteiger partial charge in [0.05, 0.1) is 31.3 Å². The summed E-state index contributed by atoms with van der Waals surface area (Å²) in [7, 11) is -0.332. The second-order valence-electron chi connectivity index (χ2n) is 26.9. The van der Waals surface area contributed by atoms with Crippen molar-refractivity contribution in [3.63, 3.8) is 0 Å². The minimum atomic E-state index is -4.67. The summed E-state index contributed by atoms with van der Waals surface area (Å²) >= 11 is 0. The summed E-state index contributed by atoms with van der Waals surface area (Å²) in [5, 5.41) is 44.8. The number of nitriles is 1. The van der Waals surface area contributed by atoms with Crippen molar-refractivity contribution in [2.24, 2.45) is 0 Å². The van der Waals surface area contributed by atoms with Gasteiger partial charge in [0, 0.05) is 48.7 Å². The number of rotatable bonds is 22. The van der Waals surface area contributed by atoms with Gasteiger partial charge < -0.3 is 59.8 Å². The normalized spacial score (nSPS) is 20.4. The molecule has 560 valence electrons. The van der Waals surface area contributed by atoms with Crippen molar-refractivity contribution in [3.05, 3.63) is 222 Å². The molecular weight excluding hydrogens is 1370 g/mol. The molecule has 8 N–H and O–H groups in total. The number of carbonyl (C=O) groups is 3. The topological polar surface area (TPSA) is 300 Å². The number of piperidine rings is 3. The number of likely N-dealkylation sites (tertiary alicyclic amines) is 1. The first-order valence-corrected chi connectivity index (χ1v) is 36.4. The van der Waals surface area contributed by atoms with Crippen LogP contribution in [0.4, 0.5) is 0 Å². The molecule has 7 aromatic carbocycles. The van der Waals surface area contributed by atoms with Gasteiger partial charge in [-0.15, -0.1) is 24.8 Å². The number of halogens is 2. The first-order chi connectivity index (χ1) is 48.2. The summed E-state index contributed by atoms with van der Waals surface area (Å²) in [6.45, 7) is 9.15. The molecule has 103 heavy (non-hydrogen) atoms. The van der Waals surface area contributed by atoms with E-state index in [4.69, 9.17) is 36.5 Å². The summed E-state index contributed by atoms with van der Waals surface area (Å²) < 4.78 is 54.2. The van der Waals surface area contributed by atoms with Crippen molar-refractivity contribution in [2.45, 2.75) is 163 Å². The Morgan fingerprint density at radius 1 is 0.621 bits per heavy atom. The van der Waals surface area contributed by atoms with E-state index < -0.39 is 39.2 Å². The lowest BCUT2D eigenvalue weighted by Crippen LogP contribution is -2.49. The van der Waals surface area contributed by atoms with Gasteiger partial charge in [0.25, 0.3) is 0 Å². The van der Waals surface area contributed by atoms with Gasteiger partial charge in [-0.3, -0.25) is 23.5 Å². The number of benzene rings is 7. The molecule has 5 saturated heterocycles. The molecule has 9 atom stereocenters. The maximum atomic E-state index is 13.1. The van der Waals surface area contributed by atoms with Crippen LogP contribution in [0, 0.1) is 11.3 Å². The Morgan fingerprint density at radius 3 is 1.43 bits per heavy atom. The maximum Gasteiger partial charge on any atom is 0.394 e. The highest BCUT2D eigenvalue weighted by atomic mass is 35.5. The zero-order chi connectivity index (χ0) is 71.7. The van der Waals surface area contributed by atoms with Crippen LogP contribution in [0.25, 0.3) is 10.8 Å². The molecule has 0 aromatic heterocycles. The van der Waals surface area contributed by atoms with Crippen LogP contribution < -0.4 is 10.1 Å². The molecule has 5 unspecified atom stereocenters. The Bertz CT molecular complexity index is 3620. The standard InChI is InChI=1S/C30H32N2O2.2C17H23NO3.C16H21NO2.2ClH.H2O4S.H2O/c1-2-34-28(33)29(25-12-6-3-7-13-25)18-21-32(22-19-29)23-20-30(24-31,26-14-8-4-9-15-26)27-16-10-5-11-17-27;2*1-18-13-7-8-14(18)10-15(9-13)21-17(20)16(11-19)12-5-3-2-4-6-12;1-12(2)17-10-14(18)11-19-16-9-5-7-13-6-3-4-8-15(13)16;;;1-5(2,3)4;/h3-17H,2,18-23H2,1H3;2*2-6,13-16,19H,7-11H2,1H3;3-9,12,14,17-18H,10-11H2,1-2H3;2*1H;(H2,1,2,3,4);1H2/t;2*13-,14+,15?,16?;;;;;. The minimum Gasteiger partial charge on any atom is -0.490 e. The minimum absolute atomic E-state index is 0. The van der Waals surface area contributed by atoms with Crippen molar-refractivity contribution in [2.75, 3.05) is 66.7 Å². The zero-order valence-electron chi connectivity index (χ0n) is 59.6. The Hall–Kier alpha value is -7.37. The molecule has 0 spiro atoms. The monoisotopic (exact) mass is 1480 g/mol. The number of nitrogens with zero attached hydrogens (tertiary/aromatic N) is 4. The Balaban J connectivity index is 0.000000245. The van der Waals surface area contributed by atoms with Crippen molar-refractivity contribution < 1.29 is 71.7 Å². The van der Waals surface area contributed by atoms with Crippen LogP contribution in [0.15, 0.2) is 194 Å². The number of ether oxygens (including phenoxy) is 4. The predicted octanol–water partition coefficient (Wildman–Crippen LogP) is 11.3. The molecule has 5 heterocycles. The lowest BCUT2D eigenvalue weighted by atomic mass is 9.71. The zero-order valence-corrected chi connectivity index (χ0v) is 62.1. The first kappa shape index (κ1) is 86.3. The van der Waals surface area contributed by atoms with E-state index in [1.807, 2.05) is 189 Å². The number of aliphatic hydroxyl groups is 3. The number of carbonyl (C=O) groups excluding carboxylic acids is 3. The number of aliphatic hydroxyl groups excluding tert-OH is 3. The van der Waals surface area contributed by atoms with Crippen LogP contribution in [-0.2, 0) is 49.8 Å². The lowest BCUT2D eigenvalue weighted by molar-refractivity contribution is -0.156. The van der Waals surface area contributed by atoms with E-state index in [0.29, 0.717) is 69.2 Å². The van der Waals surface area contributed by atoms with Gasteiger partial charge in [-0.2, -0.15) is 13.7 Å². The van der Waals surface area contributed by atoms with Gasteiger partial charge in [0.1, 0.15) is 47.9 Å². The molecule has 5 aliphatic heterocycles. The van der Waals surface area contributed by atoms with E-state index >= 15 is 0 Å². The Labute approximate surface area is 620 Å². The van der Waals surface area contributed by atoms with Crippen molar-refractivity contribution >= 4 is 63.9 Å². The smallest absolute Gasteiger partial charge is 0.394 e. The van der Waals surface area contributed by atoms with Crippen LogP contribution in [0.2, 0.25) is 0 Å². The molecule has 0 saturated carbocycles. The third-order valence-electron chi connectivity index (χ3n) is 20.2. The highest BCUT2D eigenvalue weighted by Gasteiger charge is 2.46. The van der Waals surface area contributed by atoms with Gasteiger partial charge in [0.2, 0.25) is 0 Å². The number of fused-ring (bicyclic) bond motifs is 5. The molecule has 12 rings (SSSR count). The van der Waals surface area contributed by atoms with Gasteiger partial charge in [-0.25, -0.2) is 0 Å². The largest absolute Gasteiger partial charge is 0.490 e. The maximum absolute atomic E-state index is 13.1. The van der Waals surface area contributed by atoms with E-state index in [-0.39, 0.29) is 73.6 Å². The average molecular weight is 1480 g/mol. The molecular formula is C80H105Cl2N5O15S.